The van der Waals surface area contributed by atoms with Gasteiger partial charge < -0.3 is 14.8 Å². The molecule has 0 aliphatic rings. The Morgan fingerprint density at radius 1 is 1.20 bits per heavy atom. The van der Waals surface area contributed by atoms with Crippen LogP contribution in [0.25, 0.3) is 0 Å². The van der Waals surface area contributed by atoms with Gasteiger partial charge in [0.25, 0.3) is 0 Å². The van der Waals surface area contributed by atoms with E-state index in [9.17, 15) is 0 Å². The number of anilines is 1. The van der Waals surface area contributed by atoms with Gasteiger partial charge in [-0.3, -0.25) is 0 Å². The van der Waals surface area contributed by atoms with E-state index in [0.29, 0.717) is 22.6 Å². The molecule has 0 aliphatic carbocycles. The van der Waals surface area contributed by atoms with Crippen molar-refractivity contribution < 1.29 is 9.47 Å². The van der Waals surface area contributed by atoms with Gasteiger partial charge in [-0.1, -0.05) is 11.6 Å². The summed E-state index contributed by atoms with van der Waals surface area (Å²) in [6.45, 7) is 4.08. The van der Waals surface area contributed by atoms with Gasteiger partial charge in [-0.25, -0.2) is 0 Å². The highest BCUT2D eigenvalue weighted by molar-refractivity contribution is 6.33. The molecule has 0 bridgehead atoms. The minimum Gasteiger partial charge on any atom is -0.497 e. The summed E-state index contributed by atoms with van der Waals surface area (Å²) in [4.78, 5) is 0. The van der Waals surface area contributed by atoms with Crippen LogP contribution in [0.4, 0.5) is 5.69 Å². The summed E-state index contributed by atoms with van der Waals surface area (Å²) in [5, 5.41) is 3.83. The fourth-order valence-electron chi connectivity index (χ4n) is 1.27. The molecule has 0 aliphatic heterocycles. The monoisotopic (exact) mass is 229 g/mol. The molecule has 0 fully saturated rings. The van der Waals surface area contributed by atoms with Crippen LogP contribution in [-0.2, 0) is 0 Å². The topological polar surface area (TPSA) is 30.5 Å². The Hall–Kier alpha value is -1.09. The Bertz CT molecular complexity index is 340. The van der Waals surface area contributed by atoms with E-state index in [-0.39, 0.29) is 0 Å². The third-order valence-electron chi connectivity index (χ3n) is 1.92. The van der Waals surface area contributed by atoms with Crippen LogP contribution in [0, 0.1) is 0 Å². The second-order valence-electron chi connectivity index (χ2n) is 3.49. The minimum absolute atomic E-state index is 0.296. The molecule has 0 radical (unpaired) electrons. The predicted octanol–water partition coefficient (Wildman–Crippen LogP) is 3.18. The normalized spacial score (nSPS) is 10.3. The van der Waals surface area contributed by atoms with Crippen molar-refractivity contribution in [2.24, 2.45) is 0 Å². The lowest BCUT2D eigenvalue weighted by molar-refractivity contribution is 0.395. The molecule has 84 valence electrons. The zero-order valence-corrected chi connectivity index (χ0v) is 10.2. The molecule has 0 spiro atoms. The molecule has 15 heavy (non-hydrogen) atoms. The first-order valence-corrected chi connectivity index (χ1v) is 5.14. The molecule has 1 rings (SSSR count). The maximum absolute atomic E-state index is 6.11. The van der Waals surface area contributed by atoms with Crippen LogP contribution in [0.5, 0.6) is 11.5 Å². The number of halogens is 1. The first kappa shape index (κ1) is 12.0. The molecule has 0 heterocycles. The maximum Gasteiger partial charge on any atom is 0.147 e. The second kappa shape index (κ2) is 5.12. The fraction of sp³-hybridized carbons (Fsp3) is 0.455. The Balaban J connectivity index is 3.12. The van der Waals surface area contributed by atoms with Crippen LogP contribution in [0.15, 0.2) is 12.1 Å². The van der Waals surface area contributed by atoms with Crippen molar-refractivity contribution in [3.05, 3.63) is 17.2 Å². The van der Waals surface area contributed by atoms with Crippen LogP contribution >= 0.6 is 11.6 Å². The van der Waals surface area contributed by atoms with Gasteiger partial charge in [0.05, 0.1) is 24.9 Å². The van der Waals surface area contributed by atoms with Gasteiger partial charge in [-0.05, 0) is 13.8 Å². The van der Waals surface area contributed by atoms with Crippen LogP contribution in [-0.4, -0.2) is 20.3 Å². The quantitative estimate of drug-likeness (QED) is 0.860. The smallest absolute Gasteiger partial charge is 0.147 e. The molecule has 3 nitrogen and oxygen atoms in total. The van der Waals surface area contributed by atoms with Crippen molar-refractivity contribution in [2.45, 2.75) is 19.9 Å². The van der Waals surface area contributed by atoms with Crippen molar-refractivity contribution in [2.75, 3.05) is 19.5 Å². The van der Waals surface area contributed by atoms with Crippen molar-refractivity contribution in [3.63, 3.8) is 0 Å². The van der Waals surface area contributed by atoms with E-state index < -0.39 is 0 Å². The average molecular weight is 230 g/mol. The SMILES string of the molecule is COc1cc(Cl)c(NC(C)C)c(OC)c1. The first-order valence-electron chi connectivity index (χ1n) is 4.76. The van der Waals surface area contributed by atoms with Crippen molar-refractivity contribution in [1.82, 2.24) is 0 Å². The van der Waals surface area contributed by atoms with Gasteiger partial charge in [-0.2, -0.15) is 0 Å². The molecule has 1 aromatic rings. The van der Waals surface area contributed by atoms with E-state index >= 15 is 0 Å². The van der Waals surface area contributed by atoms with Gasteiger partial charge >= 0.3 is 0 Å². The van der Waals surface area contributed by atoms with Crippen LogP contribution < -0.4 is 14.8 Å². The zero-order chi connectivity index (χ0) is 11.4. The largest absolute Gasteiger partial charge is 0.497 e. The Morgan fingerprint density at radius 3 is 2.33 bits per heavy atom. The Labute approximate surface area is 95.3 Å². The van der Waals surface area contributed by atoms with E-state index in [2.05, 4.69) is 5.32 Å². The van der Waals surface area contributed by atoms with E-state index in [0.717, 1.165) is 5.69 Å². The molecule has 0 amide bonds. The number of benzene rings is 1. The summed E-state index contributed by atoms with van der Waals surface area (Å²) >= 11 is 6.11. The molecule has 0 saturated carbocycles. The van der Waals surface area contributed by atoms with Crippen molar-refractivity contribution in [1.29, 1.82) is 0 Å². The average Bonchev–Trinajstić information content (AvgIpc) is 2.20. The van der Waals surface area contributed by atoms with Crippen LogP contribution in [0.1, 0.15) is 13.8 Å². The Morgan fingerprint density at radius 2 is 1.87 bits per heavy atom. The lowest BCUT2D eigenvalue weighted by atomic mass is 10.2. The molecule has 0 saturated heterocycles. The van der Waals surface area contributed by atoms with Gasteiger partial charge in [0.2, 0.25) is 0 Å². The maximum atomic E-state index is 6.11. The number of rotatable bonds is 4. The molecule has 1 aromatic carbocycles. The third kappa shape index (κ3) is 2.93. The lowest BCUT2D eigenvalue weighted by Crippen LogP contribution is -2.11. The third-order valence-corrected chi connectivity index (χ3v) is 2.21. The first-order chi connectivity index (χ1) is 7.08. The summed E-state index contributed by atoms with van der Waals surface area (Å²) in [5.74, 6) is 1.37. The predicted molar refractivity (Wildman–Crippen MR) is 63.3 cm³/mol. The number of hydrogen-bond donors (Lipinski definition) is 1. The molecule has 0 unspecified atom stereocenters. The number of nitrogens with one attached hydrogen (secondary N) is 1. The van der Waals surface area contributed by atoms with Gasteiger partial charge in [0, 0.05) is 18.2 Å². The van der Waals surface area contributed by atoms with E-state index in [1.807, 2.05) is 13.8 Å². The van der Waals surface area contributed by atoms with Crippen molar-refractivity contribution in [3.8, 4) is 11.5 Å². The van der Waals surface area contributed by atoms with E-state index in [4.69, 9.17) is 21.1 Å². The molecule has 0 aromatic heterocycles. The highest BCUT2D eigenvalue weighted by Gasteiger charge is 2.11. The van der Waals surface area contributed by atoms with Crippen molar-refractivity contribution >= 4 is 17.3 Å². The number of ether oxygens (including phenoxy) is 2. The Kier molecular flexibility index (Phi) is 4.09. The number of hydrogen-bond acceptors (Lipinski definition) is 3. The molecule has 1 N–H and O–H groups in total. The van der Waals surface area contributed by atoms with Gasteiger partial charge in [0.15, 0.2) is 0 Å². The van der Waals surface area contributed by atoms with E-state index in [1.54, 1.807) is 26.4 Å². The fourth-order valence-corrected chi connectivity index (χ4v) is 1.52. The van der Waals surface area contributed by atoms with Gasteiger partial charge in [0.1, 0.15) is 11.5 Å². The number of methoxy groups -OCH3 is 2. The van der Waals surface area contributed by atoms with Gasteiger partial charge in [-0.15, -0.1) is 0 Å². The molecular weight excluding hydrogens is 214 g/mol. The summed E-state index contributed by atoms with van der Waals surface area (Å²) in [6, 6.07) is 3.86. The lowest BCUT2D eigenvalue weighted by Gasteiger charge is -2.16. The summed E-state index contributed by atoms with van der Waals surface area (Å²) in [7, 11) is 3.21. The molecule has 0 atom stereocenters. The summed E-state index contributed by atoms with van der Waals surface area (Å²) < 4.78 is 10.3. The minimum atomic E-state index is 0.296. The zero-order valence-electron chi connectivity index (χ0n) is 9.43. The standard InChI is InChI=1S/C11H16ClNO2/c1-7(2)13-11-9(12)5-8(14-3)6-10(11)15-4/h5-7,13H,1-4H3. The highest BCUT2D eigenvalue weighted by Crippen LogP contribution is 2.37. The molecular formula is C11H16ClNO2. The van der Waals surface area contributed by atoms with Crippen LogP contribution in [0.3, 0.4) is 0 Å². The summed E-state index contributed by atoms with van der Waals surface area (Å²) in [5.41, 5.74) is 0.801. The molecule has 4 heteroatoms. The van der Waals surface area contributed by atoms with Crippen LogP contribution in [0.2, 0.25) is 5.02 Å². The van der Waals surface area contributed by atoms with E-state index in [1.165, 1.54) is 0 Å². The highest BCUT2D eigenvalue weighted by atomic mass is 35.5. The second-order valence-corrected chi connectivity index (χ2v) is 3.89. The summed E-state index contributed by atoms with van der Waals surface area (Å²) in [6.07, 6.45) is 0.